The highest BCUT2D eigenvalue weighted by atomic mass is 79.9. The van der Waals surface area contributed by atoms with Crippen molar-refractivity contribution >= 4 is 33.0 Å². The summed E-state index contributed by atoms with van der Waals surface area (Å²) in [6.45, 7) is 1.07. The minimum atomic E-state index is 1.07. The first kappa shape index (κ1) is 9.43. The number of nitrogens with one attached hydrogen (secondary N) is 1. The zero-order chi connectivity index (χ0) is 10.3. The van der Waals surface area contributed by atoms with Crippen LogP contribution in [0.2, 0.25) is 0 Å². The molecule has 1 aliphatic heterocycles. The van der Waals surface area contributed by atoms with Crippen molar-refractivity contribution in [2.45, 2.75) is 6.42 Å². The van der Waals surface area contributed by atoms with Crippen LogP contribution in [0.25, 0.3) is 10.4 Å². The maximum atomic E-state index is 3.57. The average Bonchev–Trinajstić information content (AvgIpc) is 2.84. The van der Waals surface area contributed by atoms with Crippen LogP contribution in [0.4, 0.5) is 5.69 Å². The number of hydrogen-bond acceptors (Lipinski definition) is 2. The Morgan fingerprint density at radius 3 is 3.00 bits per heavy atom. The molecule has 2 heterocycles. The lowest BCUT2D eigenvalue weighted by Crippen LogP contribution is -1.90. The van der Waals surface area contributed by atoms with Gasteiger partial charge in [0, 0.05) is 21.6 Å². The predicted octanol–water partition coefficient (Wildman–Crippen LogP) is 4.15. The summed E-state index contributed by atoms with van der Waals surface area (Å²) in [5.74, 6) is 0. The van der Waals surface area contributed by atoms with Gasteiger partial charge in [-0.2, -0.15) is 0 Å². The second-order valence-electron chi connectivity index (χ2n) is 3.65. The maximum absolute atomic E-state index is 3.57. The van der Waals surface area contributed by atoms with Crippen molar-refractivity contribution in [1.82, 2.24) is 0 Å². The molecule has 0 bridgehead atoms. The largest absolute Gasteiger partial charge is 0.384 e. The van der Waals surface area contributed by atoms with Crippen LogP contribution in [0.1, 0.15) is 5.56 Å². The van der Waals surface area contributed by atoms with E-state index < -0.39 is 0 Å². The molecule has 0 radical (unpaired) electrons. The molecule has 2 aromatic rings. The summed E-state index contributed by atoms with van der Waals surface area (Å²) in [6, 6.07) is 8.79. The summed E-state index contributed by atoms with van der Waals surface area (Å²) >= 11 is 5.35. The van der Waals surface area contributed by atoms with Crippen LogP contribution in [-0.2, 0) is 6.42 Å². The topological polar surface area (TPSA) is 12.0 Å². The first-order valence-electron chi connectivity index (χ1n) is 4.95. The third kappa shape index (κ3) is 1.60. The van der Waals surface area contributed by atoms with E-state index in [9.17, 15) is 0 Å². The number of halogens is 1. The lowest BCUT2D eigenvalue weighted by Gasteiger charge is -2.03. The quantitative estimate of drug-likeness (QED) is 0.827. The first-order chi connectivity index (χ1) is 7.34. The Hall–Kier alpha value is -0.800. The molecule has 0 unspecified atom stereocenters. The van der Waals surface area contributed by atoms with Gasteiger partial charge in [0.25, 0.3) is 0 Å². The van der Waals surface area contributed by atoms with Crippen LogP contribution in [0.3, 0.4) is 0 Å². The summed E-state index contributed by atoms with van der Waals surface area (Å²) in [5, 5.41) is 5.52. The van der Waals surface area contributed by atoms with Crippen LogP contribution < -0.4 is 5.32 Å². The molecule has 1 N–H and O–H groups in total. The normalized spacial score (nSPS) is 13.7. The Morgan fingerprint density at radius 1 is 1.27 bits per heavy atom. The van der Waals surface area contributed by atoms with Crippen molar-refractivity contribution in [2.24, 2.45) is 0 Å². The molecule has 0 aliphatic carbocycles. The fourth-order valence-corrected chi connectivity index (χ4v) is 3.53. The molecule has 1 aromatic carbocycles. The summed E-state index contributed by atoms with van der Waals surface area (Å²) < 4.78 is 1.19. The zero-order valence-electron chi connectivity index (χ0n) is 8.09. The van der Waals surface area contributed by atoms with Gasteiger partial charge in [0.2, 0.25) is 0 Å². The van der Waals surface area contributed by atoms with E-state index in [0.717, 1.165) is 13.0 Å². The molecule has 0 atom stereocenters. The molecule has 1 nitrogen and oxygen atoms in total. The van der Waals surface area contributed by atoms with Crippen molar-refractivity contribution in [3.05, 3.63) is 39.7 Å². The smallest absolute Gasteiger partial charge is 0.0485 e. The summed E-state index contributed by atoms with van der Waals surface area (Å²) in [7, 11) is 0. The molecule has 1 aromatic heterocycles. The van der Waals surface area contributed by atoms with Gasteiger partial charge < -0.3 is 5.32 Å². The Morgan fingerprint density at radius 2 is 2.20 bits per heavy atom. The van der Waals surface area contributed by atoms with E-state index in [1.165, 1.54) is 26.2 Å². The van der Waals surface area contributed by atoms with Gasteiger partial charge in [0.15, 0.2) is 0 Å². The highest BCUT2D eigenvalue weighted by Crippen LogP contribution is 2.36. The van der Waals surface area contributed by atoms with E-state index >= 15 is 0 Å². The zero-order valence-corrected chi connectivity index (χ0v) is 10.5. The summed E-state index contributed by atoms with van der Waals surface area (Å²) in [5.41, 5.74) is 4.03. The minimum Gasteiger partial charge on any atom is -0.384 e. The number of anilines is 1. The molecule has 0 spiro atoms. The lowest BCUT2D eigenvalue weighted by atomic mass is 10.1. The van der Waals surface area contributed by atoms with E-state index in [0.29, 0.717) is 0 Å². The first-order valence-corrected chi connectivity index (χ1v) is 6.62. The third-order valence-corrected chi connectivity index (χ3v) is 4.59. The summed E-state index contributed by atoms with van der Waals surface area (Å²) in [4.78, 5) is 1.31. The van der Waals surface area contributed by atoms with E-state index in [4.69, 9.17) is 0 Å². The maximum Gasteiger partial charge on any atom is 0.0485 e. The Labute approximate surface area is 101 Å². The highest BCUT2D eigenvalue weighted by molar-refractivity contribution is 9.10. The van der Waals surface area contributed by atoms with Crippen molar-refractivity contribution in [3.63, 3.8) is 0 Å². The van der Waals surface area contributed by atoms with E-state index in [-0.39, 0.29) is 0 Å². The molecule has 0 saturated carbocycles. The van der Waals surface area contributed by atoms with Gasteiger partial charge in [-0.1, -0.05) is 12.1 Å². The van der Waals surface area contributed by atoms with Crippen molar-refractivity contribution < 1.29 is 0 Å². The predicted molar refractivity (Wildman–Crippen MR) is 69.6 cm³/mol. The van der Waals surface area contributed by atoms with Crippen molar-refractivity contribution in [1.29, 1.82) is 0 Å². The highest BCUT2D eigenvalue weighted by Gasteiger charge is 2.12. The van der Waals surface area contributed by atoms with Gasteiger partial charge in [-0.3, -0.25) is 0 Å². The number of rotatable bonds is 1. The molecule has 3 heteroatoms. The minimum absolute atomic E-state index is 1.07. The van der Waals surface area contributed by atoms with Gasteiger partial charge in [0.05, 0.1) is 0 Å². The molecular formula is C12H10BrNS. The van der Waals surface area contributed by atoms with Gasteiger partial charge in [-0.15, -0.1) is 11.3 Å². The SMILES string of the molecule is Brc1ccsc1-c1ccc2c(c1)NCC2. The fraction of sp³-hybridized carbons (Fsp3) is 0.167. The molecule has 76 valence electrons. The standard InChI is InChI=1S/C12H10BrNS/c13-10-4-6-15-12(10)9-2-1-8-3-5-14-11(8)7-9/h1-2,4,6-7,14H,3,5H2. The van der Waals surface area contributed by atoms with Gasteiger partial charge in [0.1, 0.15) is 0 Å². The van der Waals surface area contributed by atoms with E-state index in [1.54, 1.807) is 11.3 Å². The lowest BCUT2D eigenvalue weighted by molar-refractivity contribution is 1.11. The van der Waals surface area contributed by atoms with Crippen LogP contribution in [-0.4, -0.2) is 6.54 Å². The molecule has 3 rings (SSSR count). The Balaban J connectivity index is 2.11. The van der Waals surface area contributed by atoms with Crippen LogP contribution >= 0.6 is 27.3 Å². The van der Waals surface area contributed by atoms with Crippen molar-refractivity contribution in [3.8, 4) is 10.4 Å². The van der Waals surface area contributed by atoms with E-state index in [1.807, 2.05) is 0 Å². The summed E-state index contributed by atoms with van der Waals surface area (Å²) in [6.07, 6.45) is 1.15. The van der Waals surface area contributed by atoms with E-state index in [2.05, 4.69) is 50.9 Å². The second kappa shape index (κ2) is 3.65. The van der Waals surface area contributed by atoms with Gasteiger partial charge >= 0.3 is 0 Å². The molecule has 0 saturated heterocycles. The Kier molecular flexibility index (Phi) is 2.29. The van der Waals surface area contributed by atoms with Crippen molar-refractivity contribution in [2.75, 3.05) is 11.9 Å². The average molecular weight is 280 g/mol. The van der Waals surface area contributed by atoms with Gasteiger partial charge in [-0.05, 0) is 51.0 Å². The van der Waals surface area contributed by atoms with Crippen LogP contribution in [0.15, 0.2) is 34.1 Å². The number of fused-ring (bicyclic) bond motifs is 1. The number of hydrogen-bond donors (Lipinski definition) is 1. The fourth-order valence-electron chi connectivity index (χ4n) is 1.93. The molecular weight excluding hydrogens is 270 g/mol. The molecule has 0 amide bonds. The second-order valence-corrected chi connectivity index (χ2v) is 5.42. The molecule has 0 fully saturated rings. The molecule has 1 aliphatic rings. The molecule has 15 heavy (non-hydrogen) atoms. The number of benzene rings is 1. The monoisotopic (exact) mass is 279 g/mol. The van der Waals surface area contributed by atoms with Gasteiger partial charge in [-0.25, -0.2) is 0 Å². The third-order valence-electron chi connectivity index (χ3n) is 2.70. The van der Waals surface area contributed by atoms with Crippen LogP contribution in [0.5, 0.6) is 0 Å². The van der Waals surface area contributed by atoms with Crippen LogP contribution in [0, 0.1) is 0 Å². The Bertz CT molecular complexity index is 504. The number of thiophene rings is 1.